The summed E-state index contributed by atoms with van der Waals surface area (Å²) in [7, 11) is 0. The van der Waals surface area contributed by atoms with Crippen molar-refractivity contribution in [2.24, 2.45) is 0 Å². The maximum absolute atomic E-state index is 11.9. The van der Waals surface area contributed by atoms with Crippen molar-refractivity contribution in [2.75, 3.05) is 18.0 Å². The molecular formula is C13H16N2O4. The molecule has 1 atom stereocenters. The molecule has 0 bridgehead atoms. The number of carboxylic acid groups (broad SMARTS) is 1. The van der Waals surface area contributed by atoms with Crippen molar-refractivity contribution in [3.05, 3.63) is 29.8 Å². The smallest absolute Gasteiger partial charge is 0.332 e. The quantitative estimate of drug-likeness (QED) is 0.742. The zero-order valence-corrected chi connectivity index (χ0v) is 10.4. The van der Waals surface area contributed by atoms with E-state index in [1.807, 2.05) is 24.3 Å². The molecule has 6 nitrogen and oxygen atoms in total. The van der Waals surface area contributed by atoms with Crippen LogP contribution in [0.4, 0.5) is 10.5 Å². The van der Waals surface area contributed by atoms with E-state index in [4.69, 9.17) is 10.2 Å². The molecule has 1 heterocycles. The summed E-state index contributed by atoms with van der Waals surface area (Å²) < 4.78 is 0. The average molecular weight is 264 g/mol. The van der Waals surface area contributed by atoms with Gasteiger partial charge in [0.1, 0.15) is 0 Å². The van der Waals surface area contributed by atoms with Crippen molar-refractivity contribution >= 4 is 17.7 Å². The monoisotopic (exact) mass is 264 g/mol. The van der Waals surface area contributed by atoms with E-state index in [0.29, 0.717) is 6.54 Å². The molecular weight excluding hydrogens is 248 g/mol. The second-order valence-electron chi connectivity index (χ2n) is 4.40. The molecule has 6 heteroatoms. The number of carbonyl (C=O) groups excluding carboxylic acids is 1. The van der Waals surface area contributed by atoms with Crippen LogP contribution in [0.3, 0.4) is 0 Å². The molecule has 3 N–H and O–H groups in total. The lowest BCUT2D eigenvalue weighted by molar-refractivity contribution is -0.146. The number of carboxylic acids is 1. The molecule has 1 aliphatic heterocycles. The average Bonchev–Trinajstić information content (AvgIpc) is 2.82. The first-order valence-electron chi connectivity index (χ1n) is 6.13. The Morgan fingerprint density at radius 1 is 1.37 bits per heavy atom. The van der Waals surface area contributed by atoms with Gasteiger partial charge < -0.3 is 15.5 Å². The SMILES string of the molecule is O=C(O)[C@@H](O)CCNC(=O)N1CCc2ccccc21. The van der Waals surface area contributed by atoms with Crippen molar-refractivity contribution in [1.82, 2.24) is 5.32 Å². The van der Waals surface area contributed by atoms with Crippen LogP contribution in [-0.4, -0.2) is 41.4 Å². The van der Waals surface area contributed by atoms with Gasteiger partial charge in [0, 0.05) is 25.2 Å². The molecule has 0 saturated heterocycles. The number of nitrogens with one attached hydrogen (secondary N) is 1. The molecule has 102 valence electrons. The summed E-state index contributed by atoms with van der Waals surface area (Å²) in [4.78, 5) is 24.0. The van der Waals surface area contributed by atoms with Crippen LogP contribution in [0.15, 0.2) is 24.3 Å². The van der Waals surface area contributed by atoms with Gasteiger partial charge in [-0.2, -0.15) is 0 Å². The number of carbonyl (C=O) groups is 2. The number of aliphatic hydroxyl groups is 1. The van der Waals surface area contributed by atoms with Gasteiger partial charge in [-0.25, -0.2) is 9.59 Å². The van der Waals surface area contributed by atoms with E-state index in [0.717, 1.165) is 17.7 Å². The summed E-state index contributed by atoms with van der Waals surface area (Å²) in [5, 5.41) is 20.2. The minimum absolute atomic E-state index is 0.00341. The first-order valence-corrected chi connectivity index (χ1v) is 6.13. The Balaban J connectivity index is 1.87. The molecule has 0 aromatic heterocycles. The van der Waals surface area contributed by atoms with E-state index in [9.17, 15) is 9.59 Å². The standard InChI is InChI=1S/C13H16N2O4/c16-11(12(17)18)5-7-14-13(19)15-8-6-9-3-1-2-4-10(9)15/h1-4,11,16H,5-8H2,(H,14,19)(H,17,18)/t11-/m0/s1. The summed E-state index contributed by atoms with van der Waals surface area (Å²) >= 11 is 0. The van der Waals surface area contributed by atoms with Gasteiger partial charge in [0.2, 0.25) is 0 Å². The molecule has 0 unspecified atom stereocenters. The Labute approximate surface area is 110 Å². The fourth-order valence-corrected chi connectivity index (χ4v) is 2.08. The van der Waals surface area contributed by atoms with Gasteiger partial charge in [0.25, 0.3) is 0 Å². The molecule has 2 amide bonds. The molecule has 2 rings (SSSR count). The summed E-state index contributed by atoms with van der Waals surface area (Å²) in [5.41, 5.74) is 2.02. The maximum atomic E-state index is 11.9. The second-order valence-corrected chi connectivity index (χ2v) is 4.40. The van der Waals surface area contributed by atoms with Crippen LogP contribution in [0.25, 0.3) is 0 Å². The van der Waals surface area contributed by atoms with E-state index < -0.39 is 12.1 Å². The van der Waals surface area contributed by atoms with Crippen molar-refractivity contribution < 1.29 is 19.8 Å². The number of amides is 2. The number of fused-ring (bicyclic) bond motifs is 1. The predicted molar refractivity (Wildman–Crippen MR) is 69.2 cm³/mol. The highest BCUT2D eigenvalue weighted by Gasteiger charge is 2.24. The van der Waals surface area contributed by atoms with Gasteiger partial charge >= 0.3 is 12.0 Å². The van der Waals surface area contributed by atoms with Gasteiger partial charge in [0.05, 0.1) is 0 Å². The topological polar surface area (TPSA) is 89.9 Å². The predicted octanol–water partition coefficient (Wildman–Crippen LogP) is 0.594. The highest BCUT2D eigenvalue weighted by Crippen LogP contribution is 2.27. The maximum Gasteiger partial charge on any atom is 0.332 e. The van der Waals surface area contributed by atoms with Crippen LogP contribution in [0.1, 0.15) is 12.0 Å². The highest BCUT2D eigenvalue weighted by atomic mass is 16.4. The first kappa shape index (κ1) is 13.4. The summed E-state index contributed by atoms with van der Waals surface area (Å²) in [6.07, 6.45) is -0.621. The molecule has 19 heavy (non-hydrogen) atoms. The highest BCUT2D eigenvalue weighted by molar-refractivity contribution is 5.94. The van der Waals surface area contributed by atoms with Gasteiger partial charge in [0.15, 0.2) is 6.10 Å². The van der Waals surface area contributed by atoms with Crippen LogP contribution in [0, 0.1) is 0 Å². The fourth-order valence-electron chi connectivity index (χ4n) is 2.08. The minimum Gasteiger partial charge on any atom is -0.479 e. The number of nitrogens with zero attached hydrogens (tertiary/aromatic N) is 1. The number of hydrogen-bond donors (Lipinski definition) is 3. The normalized spacial score (nSPS) is 14.9. The third-order valence-electron chi connectivity index (χ3n) is 3.11. The number of benzene rings is 1. The Kier molecular flexibility index (Phi) is 4.01. The van der Waals surface area contributed by atoms with E-state index >= 15 is 0 Å². The Bertz CT molecular complexity index is 489. The number of para-hydroxylation sites is 1. The number of hydrogen-bond acceptors (Lipinski definition) is 3. The number of anilines is 1. The van der Waals surface area contributed by atoms with Gasteiger partial charge in [-0.05, 0) is 18.1 Å². The third kappa shape index (κ3) is 3.03. The summed E-state index contributed by atoms with van der Waals surface area (Å²) in [6.45, 7) is 0.748. The molecule has 1 aromatic rings. The molecule has 0 radical (unpaired) electrons. The van der Waals surface area contributed by atoms with Gasteiger partial charge in [-0.1, -0.05) is 18.2 Å². The molecule has 0 aliphatic carbocycles. The van der Waals surface area contributed by atoms with E-state index in [-0.39, 0.29) is 19.0 Å². The van der Waals surface area contributed by atoms with E-state index in [1.54, 1.807) is 4.90 Å². The third-order valence-corrected chi connectivity index (χ3v) is 3.11. The van der Waals surface area contributed by atoms with Crippen molar-refractivity contribution in [2.45, 2.75) is 18.9 Å². The van der Waals surface area contributed by atoms with Gasteiger partial charge in [-0.3, -0.25) is 4.90 Å². The lowest BCUT2D eigenvalue weighted by atomic mass is 10.2. The van der Waals surface area contributed by atoms with Crippen LogP contribution in [-0.2, 0) is 11.2 Å². The van der Waals surface area contributed by atoms with Crippen LogP contribution < -0.4 is 10.2 Å². The molecule has 1 aliphatic rings. The lowest BCUT2D eigenvalue weighted by Crippen LogP contribution is -2.40. The van der Waals surface area contributed by atoms with Crippen LogP contribution in [0.2, 0.25) is 0 Å². The fraction of sp³-hybridized carbons (Fsp3) is 0.385. The Morgan fingerprint density at radius 3 is 2.84 bits per heavy atom. The molecule has 0 spiro atoms. The number of aliphatic hydroxyl groups excluding tert-OH is 1. The van der Waals surface area contributed by atoms with Crippen LogP contribution in [0.5, 0.6) is 0 Å². The summed E-state index contributed by atoms with van der Waals surface area (Å²) in [5.74, 6) is -1.28. The Hall–Kier alpha value is -2.08. The molecule has 0 fully saturated rings. The molecule has 0 saturated carbocycles. The van der Waals surface area contributed by atoms with Crippen molar-refractivity contribution in [3.8, 4) is 0 Å². The zero-order chi connectivity index (χ0) is 13.8. The van der Waals surface area contributed by atoms with Crippen molar-refractivity contribution in [1.29, 1.82) is 0 Å². The molecule has 1 aromatic carbocycles. The second kappa shape index (κ2) is 5.71. The zero-order valence-electron chi connectivity index (χ0n) is 10.4. The first-order chi connectivity index (χ1) is 9.09. The lowest BCUT2D eigenvalue weighted by Gasteiger charge is -2.18. The number of urea groups is 1. The van der Waals surface area contributed by atoms with E-state index in [2.05, 4.69) is 5.32 Å². The van der Waals surface area contributed by atoms with Crippen LogP contribution >= 0.6 is 0 Å². The van der Waals surface area contributed by atoms with Gasteiger partial charge in [-0.15, -0.1) is 0 Å². The van der Waals surface area contributed by atoms with E-state index in [1.165, 1.54) is 0 Å². The minimum atomic E-state index is -1.44. The Morgan fingerprint density at radius 2 is 2.11 bits per heavy atom. The number of rotatable bonds is 4. The number of aliphatic carboxylic acids is 1. The largest absolute Gasteiger partial charge is 0.479 e. The summed E-state index contributed by atoms with van der Waals surface area (Å²) in [6, 6.07) is 7.41. The van der Waals surface area contributed by atoms with Crippen molar-refractivity contribution in [3.63, 3.8) is 0 Å².